The molecule has 0 aliphatic carbocycles. The van der Waals surface area contributed by atoms with Crippen LogP contribution in [0.3, 0.4) is 0 Å². The van der Waals surface area contributed by atoms with E-state index in [1.807, 2.05) is 18.2 Å². The molecule has 0 saturated carbocycles. The van der Waals surface area contributed by atoms with Crippen LogP contribution in [0.2, 0.25) is 0 Å². The van der Waals surface area contributed by atoms with E-state index in [0.717, 1.165) is 17.8 Å². The van der Waals surface area contributed by atoms with Gasteiger partial charge < -0.3 is 4.90 Å². The van der Waals surface area contributed by atoms with Crippen molar-refractivity contribution in [2.24, 2.45) is 0 Å². The number of anilines is 1. The fraction of sp³-hybridized carbons (Fsp3) is 0.372. The van der Waals surface area contributed by atoms with Crippen LogP contribution in [0.4, 0.5) is 11.4 Å². The molecule has 2 aliphatic heterocycles. The Morgan fingerprint density at radius 2 is 1.28 bits per heavy atom. The quantitative estimate of drug-likeness (QED) is 0.0539. The monoisotopic (exact) mass is 755 g/mol. The molecular formula is C43H51N2O6S2+. The first-order valence-corrected chi connectivity index (χ1v) is 21.7. The van der Waals surface area contributed by atoms with Crippen molar-refractivity contribution in [1.82, 2.24) is 0 Å². The van der Waals surface area contributed by atoms with Crippen molar-refractivity contribution in [3.8, 4) is 0 Å². The Hall–Kier alpha value is -4.09. The van der Waals surface area contributed by atoms with Gasteiger partial charge in [-0.1, -0.05) is 98.8 Å². The van der Waals surface area contributed by atoms with E-state index >= 15 is 0 Å². The Kier molecular flexibility index (Phi) is 11.2. The van der Waals surface area contributed by atoms with Gasteiger partial charge in [-0.3, -0.25) is 9.11 Å². The van der Waals surface area contributed by atoms with Crippen LogP contribution in [-0.4, -0.2) is 66.9 Å². The molecular weight excluding hydrogens is 705 g/mol. The number of hydrogen-bond donors (Lipinski definition) is 2. The Balaban J connectivity index is 1.21. The van der Waals surface area contributed by atoms with E-state index in [1.165, 1.54) is 38.4 Å². The van der Waals surface area contributed by atoms with Crippen LogP contribution >= 0.6 is 0 Å². The van der Waals surface area contributed by atoms with Gasteiger partial charge in [0, 0.05) is 47.8 Å². The summed E-state index contributed by atoms with van der Waals surface area (Å²) in [5, 5.41) is 4.83. The molecule has 0 bridgehead atoms. The number of hydrogen-bond acceptors (Lipinski definition) is 5. The predicted octanol–water partition coefficient (Wildman–Crippen LogP) is 8.93. The van der Waals surface area contributed by atoms with Crippen molar-refractivity contribution in [2.45, 2.75) is 76.7 Å². The first kappa shape index (κ1) is 38.6. The van der Waals surface area contributed by atoms with Crippen LogP contribution in [0.15, 0.2) is 109 Å². The molecule has 0 radical (unpaired) electrons. The number of allylic oxidation sites excluding steroid dienone is 5. The fourth-order valence-electron chi connectivity index (χ4n) is 8.56. The largest absolute Gasteiger partial charge is 0.367 e. The van der Waals surface area contributed by atoms with Gasteiger partial charge >= 0.3 is 0 Å². The minimum atomic E-state index is -4.01. The molecule has 4 aromatic rings. The molecule has 2 heterocycles. The number of unbranched alkanes of at least 4 members (excludes halogenated alkanes) is 2. The topological polar surface area (TPSA) is 115 Å². The molecule has 1 unspecified atom stereocenters. The minimum absolute atomic E-state index is 0.159. The van der Waals surface area contributed by atoms with E-state index < -0.39 is 20.2 Å². The Bertz CT molecular complexity index is 2350. The molecule has 0 amide bonds. The average Bonchev–Trinajstić information content (AvgIpc) is 3.45. The lowest BCUT2D eigenvalue weighted by atomic mass is 9.77. The summed E-state index contributed by atoms with van der Waals surface area (Å²) in [5.74, 6) is -0.482. The maximum absolute atomic E-state index is 11.4. The normalized spacial score (nSPS) is 18.4. The summed E-state index contributed by atoms with van der Waals surface area (Å²) in [5.41, 5.74) is 5.55. The lowest BCUT2D eigenvalue weighted by Gasteiger charge is -2.34. The zero-order valence-electron chi connectivity index (χ0n) is 31.1. The van der Waals surface area contributed by atoms with Crippen molar-refractivity contribution in [3.05, 3.63) is 120 Å². The number of nitrogens with zero attached hydrogens (tertiary/aromatic N) is 2. The van der Waals surface area contributed by atoms with Crippen molar-refractivity contribution in [3.63, 3.8) is 0 Å². The summed E-state index contributed by atoms with van der Waals surface area (Å²) in [6, 6.07) is 25.7. The first-order valence-electron chi connectivity index (χ1n) is 18.5. The lowest BCUT2D eigenvalue weighted by molar-refractivity contribution is -0.438. The highest BCUT2D eigenvalue weighted by Gasteiger charge is 2.46. The summed E-state index contributed by atoms with van der Waals surface area (Å²) in [4.78, 5) is 2.42. The molecule has 1 atom stereocenters. The molecule has 0 saturated heterocycles. The fourth-order valence-corrected chi connectivity index (χ4v) is 9.69. The van der Waals surface area contributed by atoms with Crippen molar-refractivity contribution >= 4 is 58.9 Å². The van der Waals surface area contributed by atoms with Gasteiger partial charge in [0.1, 0.15) is 6.54 Å². The van der Waals surface area contributed by atoms with Crippen LogP contribution in [0.25, 0.3) is 21.5 Å². The van der Waals surface area contributed by atoms with Gasteiger partial charge in [-0.2, -0.15) is 21.4 Å². The van der Waals surface area contributed by atoms with Crippen LogP contribution in [0, 0.1) is 0 Å². The minimum Gasteiger partial charge on any atom is -0.367 e. The van der Waals surface area contributed by atoms with Gasteiger partial charge in [0.25, 0.3) is 20.2 Å². The maximum Gasteiger partial charge on any atom is 0.264 e. The SMILES string of the molecule is CC1(C)C(C=CC=CC=CCC2N(CCCCS(=O)(=O)O)c3ccc4ccccc4c3C2(C)C)=[N+](CCCCS(=O)(=O)O)c2ccc3ccccc3c21. The van der Waals surface area contributed by atoms with Gasteiger partial charge in [0.2, 0.25) is 5.69 Å². The standard InChI is InChI=1S/C43H50N2O6S2/c1-42(2)38(44(28-14-16-30-52(46,47)48)36-26-24-32-18-10-12-20-34(32)40(36)42)22-8-6-5-7-9-23-39-43(3,4)41-35-21-13-11-19-33(35)25-27-37(41)45(39)29-15-17-31-53(49,50)51/h5-13,18-22,24-27,39H,14-17,23,28-31H2,1-4H3,(H-,46,47,48,49,50,51)/p+1. The van der Waals surface area contributed by atoms with Gasteiger partial charge in [-0.25, -0.2) is 0 Å². The van der Waals surface area contributed by atoms with E-state index in [0.29, 0.717) is 38.8 Å². The van der Waals surface area contributed by atoms with Crippen molar-refractivity contribution < 1.29 is 30.5 Å². The van der Waals surface area contributed by atoms with E-state index in [2.05, 4.69) is 128 Å². The summed E-state index contributed by atoms with van der Waals surface area (Å²) in [6.07, 6.45) is 15.4. The van der Waals surface area contributed by atoms with E-state index in [1.54, 1.807) is 0 Å². The summed E-state index contributed by atoms with van der Waals surface area (Å²) < 4.78 is 66.4. The molecule has 0 fully saturated rings. The zero-order chi connectivity index (χ0) is 38.0. The molecule has 6 rings (SSSR count). The first-order chi connectivity index (χ1) is 25.1. The Labute approximate surface area is 314 Å². The summed E-state index contributed by atoms with van der Waals surface area (Å²) in [6.45, 7) is 10.4. The molecule has 10 heteroatoms. The highest BCUT2D eigenvalue weighted by Crippen LogP contribution is 2.50. The predicted molar refractivity (Wildman–Crippen MR) is 218 cm³/mol. The number of fused-ring (bicyclic) bond motifs is 6. The molecule has 53 heavy (non-hydrogen) atoms. The van der Waals surface area contributed by atoms with E-state index in [-0.39, 0.29) is 28.4 Å². The molecule has 4 aromatic carbocycles. The Morgan fingerprint density at radius 3 is 1.94 bits per heavy atom. The second-order valence-corrected chi connectivity index (χ2v) is 18.5. The third kappa shape index (κ3) is 8.36. The van der Waals surface area contributed by atoms with E-state index in [9.17, 15) is 25.9 Å². The summed E-state index contributed by atoms with van der Waals surface area (Å²) in [7, 11) is -8.00. The number of rotatable bonds is 15. The van der Waals surface area contributed by atoms with E-state index in [4.69, 9.17) is 0 Å². The summed E-state index contributed by atoms with van der Waals surface area (Å²) >= 11 is 0. The van der Waals surface area contributed by atoms with Crippen LogP contribution in [0.5, 0.6) is 0 Å². The molecule has 0 aromatic heterocycles. The molecule has 2 N–H and O–H groups in total. The van der Waals surface area contributed by atoms with Crippen LogP contribution in [-0.2, 0) is 31.1 Å². The van der Waals surface area contributed by atoms with Gasteiger partial charge in [0.15, 0.2) is 5.71 Å². The van der Waals surface area contributed by atoms with Gasteiger partial charge in [-0.15, -0.1) is 0 Å². The smallest absolute Gasteiger partial charge is 0.264 e. The molecule has 0 spiro atoms. The second kappa shape index (κ2) is 15.3. The highest BCUT2D eigenvalue weighted by atomic mass is 32.2. The lowest BCUT2D eigenvalue weighted by Crippen LogP contribution is -2.41. The van der Waals surface area contributed by atoms with Crippen molar-refractivity contribution in [1.29, 1.82) is 0 Å². The average molecular weight is 756 g/mol. The third-order valence-corrected chi connectivity index (χ3v) is 12.6. The van der Waals surface area contributed by atoms with Gasteiger partial charge in [0.05, 0.1) is 16.9 Å². The molecule has 280 valence electrons. The molecule has 8 nitrogen and oxygen atoms in total. The highest BCUT2D eigenvalue weighted by molar-refractivity contribution is 7.86. The zero-order valence-corrected chi connectivity index (χ0v) is 32.7. The van der Waals surface area contributed by atoms with Crippen LogP contribution in [0.1, 0.15) is 70.9 Å². The second-order valence-electron chi connectivity index (χ2n) is 15.3. The number of benzene rings is 4. The molecule has 2 aliphatic rings. The van der Waals surface area contributed by atoms with Crippen LogP contribution < -0.4 is 4.90 Å². The maximum atomic E-state index is 11.4. The third-order valence-electron chi connectivity index (χ3n) is 11.0. The van der Waals surface area contributed by atoms with Gasteiger partial charge in [-0.05, 0) is 78.8 Å². The van der Waals surface area contributed by atoms with Crippen molar-refractivity contribution in [2.75, 3.05) is 29.5 Å². The Morgan fingerprint density at radius 1 is 0.698 bits per heavy atom.